The molecule has 3 rings (SSSR count). The lowest BCUT2D eigenvalue weighted by Crippen LogP contribution is -2.26. The lowest BCUT2D eigenvalue weighted by Gasteiger charge is -2.22. The molecule has 1 aromatic rings. The number of anilines is 1. The van der Waals surface area contributed by atoms with Gasteiger partial charge in [-0.2, -0.15) is 0 Å². The van der Waals surface area contributed by atoms with Crippen molar-refractivity contribution in [2.24, 2.45) is 5.92 Å². The van der Waals surface area contributed by atoms with Crippen LogP contribution in [0.1, 0.15) is 31.2 Å². The third-order valence-corrected chi connectivity index (χ3v) is 4.43. The van der Waals surface area contributed by atoms with Crippen molar-refractivity contribution in [3.8, 4) is 0 Å². The summed E-state index contributed by atoms with van der Waals surface area (Å²) in [5, 5.41) is 9.82. The second kappa shape index (κ2) is 4.88. The van der Waals surface area contributed by atoms with E-state index in [9.17, 15) is 9.50 Å². The molecule has 0 amide bonds. The number of hydrogen-bond acceptors (Lipinski definition) is 2. The normalized spacial score (nSPS) is 26.7. The summed E-state index contributed by atoms with van der Waals surface area (Å²) in [6.07, 6.45) is 5.18. The van der Waals surface area contributed by atoms with Crippen LogP contribution in [0, 0.1) is 11.7 Å². The van der Waals surface area contributed by atoms with Crippen LogP contribution in [0.15, 0.2) is 18.2 Å². The van der Waals surface area contributed by atoms with Gasteiger partial charge in [-0.25, -0.2) is 4.39 Å². The van der Waals surface area contributed by atoms with Crippen molar-refractivity contribution in [3.05, 3.63) is 29.6 Å². The fourth-order valence-electron chi connectivity index (χ4n) is 3.33. The number of aliphatic hydroxyl groups excluding tert-OH is 1. The summed E-state index contributed by atoms with van der Waals surface area (Å²) in [5.74, 6) is 0.296. The molecule has 2 atom stereocenters. The van der Waals surface area contributed by atoms with Gasteiger partial charge in [-0.15, -0.1) is 0 Å². The van der Waals surface area contributed by atoms with E-state index in [1.54, 1.807) is 12.1 Å². The topological polar surface area (TPSA) is 23.5 Å². The Labute approximate surface area is 107 Å². The highest BCUT2D eigenvalue weighted by molar-refractivity contribution is 5.58. The van der Waals surface area contributed by atoms with Gasteiger partial charge in [0.15, 0.2) is 0 Å². The molecular formula is C15H20FNO. The van der Waals surface area contributed by atoms with E-state index in [2.05, 4.69) is 4.90 Å². The first-order valence-corrected chi connectivity index (χ1v) is 6.95. The first-order chi connectivity index (χ1) is 8.74. The van der Waals surface area contributed by atoms with Crippen LogP contribution >= 0.6 is 0 Å². The summed E-state index contributed by atoms with van der Waals surface area (Å²) in [5.41, 5.74) is 2.31. The minimum absolute atomic E-state index is 0.111. The number of hydrogen-bond donors (Lipinski definition) is 1. The predicted octanol–water partition coefficient (Wildman–Crippen LogP) is 2.74. The second-order valence-electron chi connectivity index (χ2n) is 5.56. The van der Waals surface area contributed by atoms with Gasteiger partial charge in [-0.3, -0.25) is 0 Å². The molecule has 0 spiro atoms. The molecule has 18 heavy (non-hydrogen) atoms. The van der Waals surface area contributed by atoms with Crippen LogP contribution in [0.5, 0.6) is 0 Å². The minimum Gasteiger partial charge on any atom is -0.393 e. The molecule has 1 saturated carbocycles. The molecule has 0 saturated heterocycles. The van der Waals surface area contributed by atoms with Gasteiger partial charge in [0.05, 0.1) is 6.10 Å². The van der Waals surface area contributed by atoms with Crippen LogP contribution in [0.25, 0.3) is 0 Å². The molecule has 0 aromatic heterocycles. The molecule has 98 valence electrons. The van der Waals surface area contributed by atoms with Crippen molar-refractivity contribution < 1.29 is 9.50 Å². The van der Waals surface area contributed by atoms with Crippen LogP contribution in [0.3, 0.4) is 0 Å². The lowest BCUT2D eigenvalue weighted by molar-refractivity contribution is 0.129. The van der Waals surface area contributed by atoms with Gasteiger partial charge in [0.2, 0.25) is 0 Å². The zero-order valence-corrected chi connectivity index (χ0v) is 10.6. The van der Waals surface area contributed by atoms with E-state index in [1.807, 2.05) is 6.07 Å². The number of fused-ring (bicyclic) bond motifs is 1. The van der Waals surface area contributed by atoms with E-state index < -0.39 is 0 Å². The number of aliphatic hydroxyl groups is 1. The third kappa shape index (κ3) is 2.24. The van der Waals surface area contributed by atoms with Crippen LogP contribution in [0.4, 0.5) is 10.1 Å². The van der Waals surface area contributed by atoms with Gasteiger partial charge in [-0.1, -0.05) is 12.5 Å². The van der Waals surface area contributed by atoms with Crippen LogP contribution < -0.4 is 4.90 Å². The van der Waals surface area contributed by atoms with Crippen molar-refractivity contribution in [2.45, 2.75) is 38.2 Å². The van der Waals surface area contributed by atoms with E-state index in [4.69, 9.17) is 0 Å². The van der Waals surface area contributed by atoms with E-state index in [1.165, 1.54) is 5.56 Å². The third-order valence-electron chi connectivity index (χ3n) is 4.43. The number of rotatable bonds is 3. The van der Waals surface area contributed by atoms with Gasteiger partial charge in [0.25, 0.3) is 0 Å². The number of nitrogens with zero attached hydrogens (tertiary/aromatic N) is 1. The summed E-state index contributed by atoms with van der Waals surface area (Å²) in [4.78, 5) is 2.27. The summed E-state index contributed by atoms with van der Waals surface area (Å²) in [6, 6.07) is 5.09. The molecule has 0 bridgehead atoms. The van der Waals surface area contributed by atoms with Gasteiger partial charge < -0.3 is 10.0 Å². The molecule has 1 aliphatic carbocycles. The van der Waals surface area contributed by atoms with Gasteiger partial charge in [-0.05, 0) is 49.3 Å². The highest BCUT2D eigenvalue weighted by Gasteiger charge is 2.27. The Balaban J connectivity index is 1.64. The SMILES string of the molecule is OC1CCCC1CCN1CCc2ccc(F)cc21. The summed E-state index contributed by atoms with van der Waals surface area (Å²) in [6.45, 7) is 1.93. The largest absolute Gasteiger partial charge is 0.393 e. The van der Waals surface area contributed by atoms with Gasteiger partial charge >= 0.3 is 0 Å². The van der Waals surface area contributed by atoms with Gasteiger partial charge in [0, 0.05) is 18.8 Å². The quantitative estimate of drug-likeness (QED) is 0.890. The second-order valence-corrected chi connectivity index (χ2v) is 5.56. The maximum atomic E-state index is 13.3. The van der Waals surface area contributed by atoms with E-state index in [0.717, 1.165) is 50.9 Å². The Morgan fingerprint density at radius 3 is 3.00 bits per heavy atom. The van der Waals surface area contributed by atoms with E-state index in [0.29, 0.717) is 5.92 Å². The fraction of sp³-hybridized carbons (Fsp3) is 0.600. The van der Waals surface area contributed by atoms with E-state index in [-0.39, 0.29) is 11.9 Å². The monoisotopic (exact) mass is 249 g/mol. The lowest BCUT2D eigenvalue weighted by atomic mass is 10.0. The first-order valence-electron chi connectivity index (χ1n) is 6.95. The minimum atomic E-state index is -0.151. The molecule has 2 unspecified atom stereocenters. The summed E-state index contributed by atoms with van der Waals surface area (Å²) < 4.78 is 13.3. The van der Waals surface area contributed by atoms with Gasteiger partial charge in [0.1, 0.15) is 5.82 Å². The molecule has 1 aromatic carbocycles. The molecule has 1 heterocycles. The Hall–Kier alpha value is -1.09. The predicted molar refractivity (Wildman–Crippen MR) is 70.3 cm³/mol. The molecule has 1 fully saturated rings. The zero-order chi connectivity index (χ0) is 12.5. The Bertz CT molecular complexity index is 435. The van der Waals surface area contributed by atoms with Crippen molar-refractivity contribution in [1.82, 2.24) is 0 Å². The molecule has 2 aliphatic rings. The maximum absolute atomic E-state index is 13.3. The molecule has 1 aliphatic heterocycles. The van der Waals surface area contributed by atoms with Crippen LogP contribution in [-0.4, -0.2) is 24.3 Å². The number of halogens is 1. The standard InChI is InChI=1S/C15H20FNO/c16-13-5-4-11-6-8-17(14(11)10-13)9-7-12-2-1-3-15(12)18/h4-5,10,12,15,18H,1-3,6-9H2. The Morgan fingerprint density at radius 2 is 2.22 bits per heavy atom. The van der Waals surface area contributed by atoms with Crippen molar-refractivity contribution in [1.29, 1.82) is 0 Å². The Kier molecular flexibility index (Phi) is 3.25. The van der Waals surface area contributed by atoms with Crippen LogP contribution in [-0.2, 0) is 6.42 Å². The molecule has 3 heteroatoms. The smallest absolute Gasteiger partial charge is 0.125 e. The zero-order valence-electron chi connectivity index (χ0n) is 10.6. The fourth-order valence-corrected chi connectivity index (χ4v) is 3.33. The van der Waals surface area contributed by atoms with Crippen molar-refractivity contribution >= 4 is 5.69 Å². The maximum Gasteiger partial charge on any atom is 0.125 e. The Morgan fingerprint density at radius 1 is 1.33 bits per heavy atom. The highest BCUT2D eigenvalue weighted by atomic mass is 19.1. The molecular weight excluding hydrogens is 229 g/mol. The first kappa shape index (κ1) is 12.0. The number of benzene rings is 1. The average molecular weight is 249 g/mol. The summed E-state index contributed by atoms with van der Waals surface area (Å²) >= 11 is 0. The molecule has 0 radical (unpaired) electrons. The summed E-state index contributed by atoms with van der Waals surface area (Å²) in [7, 11) is 0. The van der Waals surface area contributed by atoms with E-state index >= 15 is 0 Å². The van der Waals surface area contributed by atoms with Crippen molar-refractivity contribution in [2.75, 3.05) is 18.0 Å². The molecule has 1 N–H and O–H groups in total. The highest BCUT2D eigenvalue weighted by Crippen LogP contribution is 2.32. The molecule has 2 nitrogen and oxygen atoms in total. The van der Waals surface area contributed by atoms with Crippen LogP contribution in [0.2, 0.25) is 0 Å². The average Bonchev–Trinajstić information content (AvgIpc) is 2.93. The van der Waals surface area contributed by atoms with Crippen molar-refractivity contribution in [3.63, 3.8) is 0 Å².